The summed E-state index contributed by atoms with van der Waals surface area (Å²) in [6.45, 7) is 6.84. The smallest absolute Gasteiger partial charge is 0.0589 e. The second-order valence-corrected chi connectivity index (χ2v) is 4.47. The highest BCUT2D eigenvalue weighted by Gasteiger charge is 2.23. The molecule has 1 aliphatic carbocycles. The molecule has 1 saturated heterocycles. The first-order valence-electron chi connectivity index (χ1n) is 6.00. The lowest BCUT2D eigenvalue weighted by atomic mass is 10.1. The van der Waals surface area contributed by atoms with Crippen molar-refractivity contribution < 1.29 is 4.74 Å². The Morgan fingerprint density at radius 3 is 2.40 bits per heavy atom. The third-order valence-electron chi connectivity index (χ3n) is 3.52. The van der Waals surface area contributed by atoms with Crippen molar-refractivity contribution in [2.75, 3.05) is 46.4 Å². The van der Waals surface area contributed by atoms with E-state index in [4.69, 9.17) is 4.74 Å². The van der Waals surface area contributed by atoms with Gasteiger partial charge in [0.1, 0.15) is 0 Å². The molecule has 3 heteroatoms. The molecule has 1 aliphatic heterocycles. The minimum Gasteiger partial charge on any atom is -0.383 e. The van der Waals surface area contributed by atoms with E-state index in [9.17, 15) is 0 Å². The van der Waals surface area contributed by atoms with Crippen molar-refractivity contribution in [1.29, 1.82) is 0 Å². The molecule has 15 heavy (non-hydrogen) atoms. The Hall–Kier alpha value is -0.380. The molecule has 2 rings (SSSR count). The van der Waals surface area contributed by atoms with E-state index in [1.165, 1.54) is 39.0 Å². The monoisotopic (exact) mass is 210 g/mol. The molecule has 1 heterocycles. The van der Waals surface area contributed by atoms with Gasteiger partial charge in [0.15, 0.2) is 0 Å². The van der Waals surface area contributed by atoms with Crippen molar-refractivity contribution in [2.24, 2.45) is 0 Å². The largest absolute Gasteiger partial charge is 0.383 e. The molecule has 0 amide bonds. The van der Waals surface area contributed by atoms with E-state index >= 15 is 0 Å². The first kappa shape index (κ1) is 11.1. The zero-order valence-corrected chi connectivity index (χ0v) is 9.69. The van der Waals surface area contributed by atoms with E-state index in [1.54, 1.807) is 7.11 Å². The number of hydrogen-bond donors (Lipinski definition) is 0. The van der Waals surface area contributed by atoms with Crippen LogP contribution in [0.15, 0.2) is 12.2 Å². The molecule has 1 fully saturated rings. The highest BCUT2D eigenvalue weighted by Crippen LogP contribution is 2.18. The summed E-state index contributed by atoms with van der Waals surface area (Å²) in [5.41, 5.74) is 0. The van der Waals surface area contributed by atoms with Crippen molar-refractivity contribution in [3.8, 4) is 0 Å². The number of nitrogens with zero attached hydrogens (tertiary/aromatic N) is 2. The standard InChI is InChI=1S/C12H22N2O/c1-15-11-10-13-6-8-14(9-7-13)12-4-2-3-5-12/h2-3,12H,4-11H2,1H3. The van der Waals surface area contributed by atoms with Crippen molar-refractivity contribution in [1.82, 2.24) is 9.80 Å². The fraction of sp³-hybridized carbons (Fsp3) is 0.833. The highest BCUT2D eigenvalue weighted by molar-refractivity contribution is 4.99. The molecule has 0 N–H and O–H groups in total. The minimum absolute atomic E-state index is 0.801. The van der Waals surface area contributed by atoms with Gasteiger partial charge in [-0.3, -0.25) is 9.80 Å². The summed E-state index contributed by atoms with van der Waals surface area (Å²) in [6, 6.07) is 0.801. The van der Waals surface area contributed by atoms with Gasteiger partial charge in [-0.25, -0.2) is 0 Å². The lowest BCUT2D eigenvalue weighted by molar-refractivity contribution is 0.0774. The Balaban J connectivity index is 1.67. The molecule has 0 saturated carbocycles. The summed E-state index contributed by atoms with van der Waals surface area (Å²) >= 11 is 0. The first-order chi connectivity index (χ1) is 7.40. The van der Waals surface area contributed by atoms with Crippen molar-refractivity contribution in [3.63, 3.8) is 0 Å². The van der Waals surface area contributed by atoms with Crippen LogP contribution in [0.2, 0.25) is 0 Å². The maximum absolute atomic E-state index is 5.11. The summed E-state index contributed by atoms with van der Waals surface area (Å²) in [7, 11) is 1.78. The van der Waals surface area contributed by atoms with Gasteiger partial charge in [-0.15, -0.1) is 0 Å². The normalized spacial score (nSPS) is 25.1. The van der Waals surface area contributed by atoms with E-state index in [2.05, 4.69) is 22.0 Å². The van der Waals surface area contributed by atoms with Gasteiger partial charge in [0.25, 0.3) is 0 Å². The zero-order chi connectivity index (χ0) is 10.5. The van der Waals surface area contributed by atoms with Gasteiger partial charge in [0.2, 0.25) is 0 Å². The van der Waals surface area contributed by atoms with Gasteiger partial charge in [-0.2, -0.15) is 0 Å². The summed E-state index contributed by atoms with van der Waals surface area (Å²) in [5, 5.41) is 0. The van der Waals surface area contributed by atoms with Crippen LogP contribution in [0, 0.1) is 0 Å². The Bertz CT molecular complexity index is 202. The van der Waals surface area contributed by atoms with Gasteiger partial charge < -0.3 is 4.74 Å². The van der Waals surface area contributed by atoms with Crippen molar-refractivity contribution in [2.45, 2.75) is 18.9 Å². The quantitative estimate of drug-likeness (QED) is 0.643. The second-order valence-electron chi connectivity index (χ2n) is 4.47. The highest BCUT2D eigenvalue weighted by atomic mass is 16.5. The summed E-state index contributed by atoms with van der Waals surface area (Å²) in [6.07, 6.45) is 7.17. The molecule has 0 radical (unpaired) electrons. The van der Waals surface area contributed by atoms with Crippen LogP contribution < -0.4 is 0 Å². The lowest BCUT2D eigenvalue weighted by Crippen LogP contribution is -2.50. The van der Waals surface area contributed by atoms with E-state index in [0.29, 0.717) is 0 Å². The molecular formula is C12H22N2O. The number of piperazine rings is 1. The summed E-state index contributed by atoms with van der Waals surface area (Å²) in [5.74, 6) is 0. The molecule has 86 valence electrons. The number of hydrogen-bond acceptors (Lipinski definition) is 3. The second kappa shape index (κ2) is 5.64. The summed E-state index contributed by atoms with van der Waals surface area (Å²) < 4.78 is 5.11. The van der Waals surface area contributed by atoms with Gasteiger partial charge in [0, 0.05) is 45.9 Å². The van der Waals surface area contributed by atoms with Gasteiger partial charge >= 0.3 is 0 Å². The van der Waals surface area contributed by atoms with Crippen molar-refractivity contribution in [3.05, 3.63) is 12.2 Å². The van der Waals surface area contributed by atoms with E-state index < -0.39 is 0 Å². The number of rotatable bonds is 4. The molecule has 0 bridgehead atoms. The molecular weight excluding hydrogens is 188 g/mol. The Morgan fingerprint density at radius 1 is 1.13 bits per heavy atom. The Morgan fingerprint density at radius 2 is 1.80 bits per heavy atom. The van der Waals surface area contributed by atoms with Crippen LogP contribution in [0.25, 0.3) is 0 Å². The van der Waals surface area contributed by atoms with Gasteiger partial charge in [0.05, 0.1) is 6.61 Å². The molecule has 0 atom stereocenters. The molecule has 0 spiro atoms. The van der Waals surface area contributed by atoms with Gasteiger partial charge in [-0.05, 0) is 12.8 Å². The minimum atomic E-state index is 0.801. The average molecular weight is 210 g/mol. The SMILES string of the molecule is COCCN1CCN(C2CC=CC2)CC1. The number of methoxy groups -OCH3 is 1. The fourth-order valence-corrected chi connectivity index (χ4v) is 2.47. The first-order valence-corrected chi connectivity index (χ1v) is 6.00. The Kier molecular flexibility index (Phi) is 4.18. The molecule has 2 aliphatic rings. The van der Waals surface area contributed by atoms with E-state index in [1.807, 2.05) is 0 Å². The molecule has 3 nitrogen and oxygen atoms in total. The van der Waals surface area contributed by atoms with Crippen LogP contribution in [0.4, 0.5) is 0 Å². The van der Waals surface area contributed by atoms with Crippen LogP contribution >= 0.6 is 0 Å². The van der Waals surface area contributed by atoms with Crippen LogP contribution in [-0.4, -0.2) is 62.3 Å². The zero-order valence-electron chi connectivity index (χ0n) is 9.69. The third kappa shape index (κ3) is 3.03. The predicted octanol–water partition coefficient (Wildman–Crippen LogP) is 0.969. The average Bonchev–Trinajstić information content (AvgIpc) is 2.80. The van der Waals surface area contributed by atoms with Crippen LogP contribution in [0.1, 0.15) is 12.8 Å². The predicted molar refractivity (Wildman–Crippen MR) is 62.1 cm³/mol. The molecule has 0 unspecified atom stereocenters. The van der Waals surface area contributed by atoms with Crippen LogP contribution in [0.3, 0.4) is 0 Å². The van der Waals surface area contributed by atoms with Crippen LogP contribution in [0.5, 0.6) is 0 Å². The van der Waals surface area contributed by atoms with E-state index in [-0.39, 0.29) is 0 Å². The van der Waals surface area contributed by atoms with E-state index in [0.717, 1.165) is 19.2 Å². The maximum atomic E-state index is 5.11. The number of ether oxygens (including phenoxy) is 1. The van der Waals surface area contributed by atoms with Crippen molar-refractivity contribution >= 4 is 0 Å². The molecule has 0 aromatic carbocycles. The topological polar surface area (TPSA) is 15.7 Å². The summed E-state index contributed by atoms with van der Waals surface area (Å²) in [4.78, 5) is 5.14. The lowest BCUT2D eigenvalue weighted by Gasteiger charge is -2.37. The third-order valence-corrected chi connectivity index (χ3v) is 3.52. The fourth-order valence-electron chi connectivity index (χ4n) is 2.47. The molecule has 0 aromatic rings. The van der Waals surface area contributed by atoms with Crippen LogP contribution in [-0.2, 0) is 4.74 Å². The van der Waals surface area contributed by atoms with Gasteiger partial charge in [-0.1, -0.05) is 12.2 Å². The maximum Gasteiger partial charge on any atom is 0.0589 e. The molecule has 0 aromatic heterocycles. The Labute approximate surface area is 92.7 Å².